The molecule has 0 fully saturated rings. The number of benzene rings is 1. The number of pyridine rings is 1. The van der Waals surface area contributed by atoms with Gasteiger partial charge in [0, 0.05) is 6.20 Å². The van der Waals surface area contributed by atoms with Gasteiger partial charge in [0.05, 0.1) is 0 Å². The van der Waals surface area contributed by atoms with Crippen LogP contribution in [0.25, 0.3) is 0 Å². The lowest BCUT2D eigenvalue weighted by Gasteiger charge is -2.13. The van der Waals surface area contributed by atoms with E-state index in [0.29, 0.717) is 11.7 Å². The number of primary sulfonamides is 1. The molecule has 0 radical (unpaired) electrons. The van der Waals surface area contributed by atoms with Crippen LogP contribution in [-0.4, -0.2) is 13.4 Å². The van der Waals surface area contributed by atoms with E-state index < -0.39 is 10.0 Å². The summed E-state index contributed by atoms with van der Waals surface area (Å²) in [4.78, 5) is 3.85. The summed E-state index contributed by atoms with van der Waals surface area (Å²) >= 11 is 0. The van der Waals surface area contributed by atoms with Gasteiger partial charge in [-0.25, -0.2) is 18.5 Å². The maximum atomic E-state index is 11.6. The highest BCUT2D eigenvalue weighted by Gasteiger charge is 2.17. The zero-order valence-corrected chi connectivity index (χ0v) is 13.0. The lowest BCUT2D eigenvalue weighted by Crippen LogP contribution is -2.13. The highest BCUT2D eigenvalue weighted by molar-refractivity contribution is 7.89. The molecule has 1 aromatic carbocycles. The Morgan fingerprint density at radius 3 is 2.57 bits per heavy atom. The monoisotopic (exact) mass is 306 g/mol. The number of aryl methyl sites for hydroxylation is 1. The average Bonchev–Trinajstić information content (AvgIpc) is 2.40. The number of nitrogens with two attached hydrogens (primary N) is 1. The lowest BCUT2D eigenvalue weighted by atomic mass is 10.0. The average molecular weight is 306 g/mol. The molecule has 1 aromatic heterocycles. The number of sulfonamides is 1. The van der Waals surface area contributed by atoms with E-state index in [0.717, 1.165) is 11.1 Å². The summed E-state index contributed by atoms with van der Waals surface area (Å²) in [5.41, 5.74) is 1.99. The molecule has 1 heterocycles. The molecular formula is C15H18N2O3S. The normalized spacial score (nSPS) is 11.7. The van der Waals surface area contributed by atoms with Crippen molar-refractivity contribution < 1.29 is 13.2 Å². The first-order valence-electron chi connectivity index (χ1n) is 6.55. The third-order valence-electron chi connectivity index (χ3n) is 3.13. The number of hydrogen-bond acceptors (Lipinski definition) is 4. The van der Waals surface area contributed by atoms with E-state index in [-0.39, 0.29) is 10.8 Å². The molecule has 2 aromatic rings. The van der Waals surface area contributed by atoms with E-state index in [1.807, 2.05) is 25.1 Å². The van der Waals surface area contributed by atoms with Gasteiger partial charge in [0.2, 0.25) is 15.9 Å². The van der Waals surface area contributed by atoms with Gasteiger partial charge in [0.25, 0.3) is 0 Å². The zero-order chi connectivity index (χ0) is 15.6. The van der Waals surface area contributed by atoms with Gasteiger partial charge in [-0.3, -0.25) is 0 Å². The van der Waals surface area contributed by atoms with E-state index in [4.69, 9.17) is 9.88 Å². The minimum atomic E-state index is -3.88. The number of nitrogens with zero attached hydrogens (tertiary/aromatic N) is 1. The fourth-order valence-electron chi connectivity index (χ4n) is 1.86. The van der Waals surface area contributed by atoms with Crippen LogP contribution in [0.4, 0.5) is 0 Å². The summed E-state index contributed by atoms with van der Waals surface area (Å²) in [6.45, 7) is 6.04. The van der Waals surface area contributed by atoms with Gasteiger partial charge < -0.3 is 4.74 Å². The SMILES string of the molecule is Cc1ccc(C(C)C)cc1Oc1ncccc1S(N)(=O)=O. The molecule has 2 rings (SSSR count). The number of hydrogen-bond donors (Lipinski definition) is 1. The smallest absolute Gasteiger partial charge is 0.243 e. The van der Waals surface area contributed by atoms with E-state index in [1.165, 1.54) is 18.3 Å². The summed E-state index contributed by atoms with van der Waals surface area (Å²) < 4.78 is 28.8. The van der Waals surface area contributed by atoms with Crippen molar-refractivity contribution in [2.24, 2.45) is 5.14 Å². The summed E-state index contributed by atoms with van der Waals surface area (Å²) in [5.74, 6) is 0.906. The molecule has 0 aliphatic carbocycles. The Balaban J connectivity index is 2.46. The van der Waals surface area contributed by atoms with Gasteiger partial charge >= 0.3 is 0 Å². The van der Waals surface area contributed by atoms with Gasteiger partial charge in [-0.15, -0.1) is 0 Å². The second-order valence-electron chi connectivity index (χ2n) is 5.13. The van der Waals surface area contributed by atoms with Gasteiger partial charge in [-0.05, 0) is 42.2 Å². The Morgan fingerprint density at radius 1 is 1.24 bits per heavy atom. The Labute approximate surface area is 124 Å². The van der Waals surface area contributed by atoms with Gasteiger partial charge in [0.15, 0.2) is 0 Å². The van der Waals surface area contributed by atoms with E-state index in [1.54, 1.807) is 0 Å². The molecule has 21 heavy (non-hydrogen) atoms. The van der Waals surface area contributed by atoms with Crippen LogP contribution in [0.5, 0.6) is 11.6 Å². The fraction of sp³-hybridized carbons (Fsp3) is 0.267. The molecule has 0 saturated heterocycles. The first-order chi connectivity index (χ1) is 9.79. The fourth-order valence-corrected chi connectivity index (χ4v) is 2.47. The van der Waals surface area contributed by atoms with Crippen molar-refractivity contribution in [2.45, 2.75) is 31.6 Å². The zero-order valence-electron chi connectivity index (χ0n) is 12.2. The van der Waals surface area contributed by atoms with Crippen molar-refractivity contribution in [3.05, 3.63) is 47.7 Å². The predicted molar refractivity (Wildman–Crippen MR) is 81.0 cm³/mol. The molecule has 2 N–H and O–H groups in total. The summed E-state index contributed by atoms with van der Waals surface area (Å²) in [7, 11) is -3.88. The molecule has 0 aliphatic heterocycles. The Morgan fingerprint density at radius 2 is 1.95 bits per heavy atom. The molecule has 0 unspecified atom stereocenters. The molecule has 0 bridgehead atoms. The Hall–Kier alpha value is -1.92. The lowest BCUT2D eigenvalue weighted by molar-refractivity contribution is 0.443. The van der Waals surface area contributed by atoms with Crippen LogP contribution in [0, 0.1) is 6.92 Å². The van der Waals surface area contributed by atoms with Crippen molar-refractivity contribution in [1.29, 1.82) is 0 Å². The van der Waals surface area contributed by atoms with Crippen molar-refractivity contribution in [3.8, 4) is 11.6 Å². The molecule has 5 nitrogen and oxygen atoms in total. The van der Waals surface area contributed by atoms with Crippen molar-refractivity contribution in [1.82, 2.24) is 4.98 Å². The minimum absolute atomic E-state index is 0.0102. The van der Waals surface area contributed by atoms with Gasteiger partial charge in [-0.2, -0.15) is 0 Å². The van der Waals surface area contributed by atoms with Crippen LogP contribution in [0.2, 0.25) is 0 Å². The van der Waals surface area contributed by atoms with Crippen LogP contribution in [0.15, 0.2) is 41.4 Å². The molecule has 0 aliphatic rings. The van der Waals surface area contributed by atoms with E-state index in [2.05, 4.69) is 18.8 Å². The Bertz CT molecular complexity index is 755. The standard InChI is InChI=1S/C15H18N2O3S/c1-10(2)12-7-6-11(3)13(9-12)20-15-14(21(16,18)19)5-4-8-17-15/h4-10H,1-3H3,(H2,16,18,19). The van der Waals surface area contributed by atoms with E-state index in [9.17, 15) is 8.42 Å². The molecule has 112 valence electrons. The molecule has 6 heteroatoms. The summed E-state index contributed by atoms with van der Waals surface area (Å²) in [6, 6.07) is 8.72. The van der Waals surface area contributed by atoms with Crippen molar-refractivity contribution in [2.75, 3.05) is 0 Å². The second kappa shape index (κ2) is 5.83. The Kier molecular flexibility index (Phi) is 4.29. The van der Waals surface area contributed by atoms with E-state index >= 15 is 0 Å². The van der Waals surface area contributed by atoms with Crippen LogP contribution < -0.4 is 9.88 Å². The highest BCUT2D eigenvalue weighted by atomic mass is 32.2. The quantitative estimate of drug-likeness (QED) is 0.941. The second-order valence-corrected chi connectivity index (χ2v) is 6.66. The van der Waals surface area contributed by atoms with Crippen LogP contribution in [-0.2, 0) is 10.0 Å². The number of aromatic nitrogens is 1. The first-order valence-corrected chi connectivity index (χ1v) is 8.10. The largest absolute Gasteiger partial charge is 0.437 e. The van der Waals surface area contributed by atoms with Crippen molar-refractivity contribution >= 4 is 10.0 Å². The third-order valence-corrected chi connectivity index (χ3v) is 4.05. The van der Waals surface area contributed by atoms with Crippen LogP contribution in [0.1, 0.15) is 30.9 Å². The molecule has 0 saturated carbocycles. The number of rotatable bonds is 4. The molecule has 0 amide bonds. The topological polar surface area (TPSA) is 82.3 Å². The highest BCUT2D eigenvalue weighted by Crippen LogP contribution is 2.30. The number of ether oxygens (including phenoxy) is 1. The maximum Gasteiger partial charge on any atom is 0.243 e. The van der Waals surface area contributed by atoms with Crippen molar-refractivity contribution in [3.63, 3.8) is 0 Å². The third kappa shape index (κ3) is 3.59. The first kappa shape index (κ1) is 15.5. The minimum Gasteiger partial charge on any atom is -0.437 e. The molecular weight excluding hydrogens is 288 g/mol. The van der Waals surface area contributed by atoms with Gasteiger partial charge in [-0.1, -0.05) is 26.0 Å². The summed E-state index contributed by atoms with van der Waals surface area (Å²) in [5, 5.41) is 5.18. The van der Waals surface area contributed by atoms with Crippen LogP contribution >= 0.6 is 0 Å². The molecule has 0 spiro atoms. The maximum absolute atomic E-state index is 11.6. The van der Waals surface area contributed by atoms with Gasteiger partial charge in [0.1, 0.15) is 10.6 Å². The summed E-state index contributed by atoms with van der Waals surface area (Å²) in [6.07, 6.45) is 1.46. The molecule has 0 atom stereocenters. The predicted octanol–water partition coefficient (Wildman–Crippen LogP) is 2.95. The van der Waals surface area contributed by atoms with Crippen LogP contribution in [0.3, 0.4) is 0 Å².